The topological polar surface area (TPSA) is 69.0 Å². The van der Waals surface area contributed by atoms with E-state index in [0.29, 0.717) is 30.4 Å². The van der Waals surface area contributed by atoms with Crippen molar-refractivity contribution in [3.05, 3.63) is 54.1 Å². The van der Waals surface area contributed by atoms with E-state index in [1.54, 1.807) is 13.8 Å². The Balaban J connectivity index is 1.72. The molecule has 0 unspecified atom stereocenters. The lowest BCUT2D eigenvalue weighted by molar-refractivity contribution is 0.0526. The zero-order chi connectivity index (χ0) is 16.9. The highest BCUT2D eigenvalue weighted by molar-refractivity contribution is 5.94. The molecule has 0 aliphatic heterocycles. The molecule has 1 N–H and O–H groups in total. The van der Waals surface area contributed by atoms with E-state index in [4.69, 9.17) is 4.74 Å². The molecule has 0 atom stereocenters. The summed E-state index contributed by atoms with van der Waals surface area (Å²) < 4.78 is 7.22. The van der Waals surface area contributed by atoms with Crippen molar-refractivity contribution in [1.82, 2.24) is 14.5 Å². The van der Waals surface area contributed by atoms with Crippen LogP contribution in [0.3, 0.4) is 0 Å². The maximum Gasteiger partial charge on any atom is 0.343 e. The molecule has 124 valence electrons. The molecule has 0 saturated heterocycles. The van der Waals surface area contributed by atoms with Gasteiger partial charge in [-0.15, -0.1) is 0 Å². The smallest absolute Gasteiger partial charge is 0.343 e. The predicted octanol–water partition coefficient (Wildman–Crippen LogP) is 3.03. The molecule has 3 aromatic rings. The molecule has 6 heteroatoms. The van der Waals surface area contributed by atoms with E-state index in [9.17, 15) is 4.79 Å². The zero-order valence-corrected chi connectivity index (χ0v) is 13.8. The van der Waals surface area contributed by atoms with E-state index in [2.05, 4.69) is 44.2 Å². The van der Waals surface area contributed by atoms with Crippen LogP contribution in [-0.4, -0.2) is 33.7 Å². The predicted molar refractivity (Wildman–Crippen MR) is 93.2 cm³/mol. The summed E-state index contributed by atoms with van der Waals surface area (Å²) in [5.41, 5.74) is 1.54. The van der Waals surface area contributed by atoms with Gasteiger partial charge < -0.3 is 14.6 Å². The van der Waals surface area contributed by atoms with Gasteiger partial charge in [0.05, 0.1) is 6.61 Å². The van der Waals surface area contributed by atoms with Crippen LogP contribution >= 0.6 is 0 Å². The largest absolute Gasteiger partial charge is 0.462 e. The molecule has 0 radical (unpaired) electrons. The normalized spacial score (nSPS) is 10.8. The molecular formula is C18H20N4O2. The van der Waals surface area contributed by atoms with Crippen LogP contribution in [0.2, 0.25) is 0 Å². The van der Waals surface area contributed by atoms with Gasteiger partial charge in [0.15, 0.2) is 0 Å². The third kappa shape index (κ3) is 3.37. The number of para-hydroxylation sites is 1. The Morgan fingerprint density at radius 1 is 1.29 bits per heavy atom. The van der Waals surface area contributed by atoms with Crippen molar-refractivity contribution in [2.75, 3.05) is 18.5 Å². The number of hydrogen-bond acceptors (Lipinski definition) is 5. The maximum absolute atomic E-state index is 12.0. The van der Waals surface area contributed by atoms with Crippen molar-refractivity contribution in [3.63, 3.8) is 0 Å². The monoisotopic (exact) mass is 324 g/mol. The van der Waals surface area contributed by atoms with Crippen LogP contribution in [0.5, 0.6) is 0 Å². The van der Waals surface area contributed by atoms with Crippen molar-refractivity contribution in [3.8, 4) is 0 Å². The number of hydrogen-bond donors (Lipinski definition) is 1. The summed E-state index contributed by atoms with van der Waals surface area (Å²) in [4.78, 5) is 20.4. The summed E-state index contributed by atoms with van der Waals surface area (Å²) in [5.74, 6) is 0.709. The van der Waals surface area contributed by atoms with Crippen molar-refractivity contribution < 1.29 is 9.53 Å². The van der Waals surface area contributed by atoms with Crippen LogP contribution in [-0.2, 0) is 11.3 Å². The molecular weight excluding hydrogens is 304 g/mol. The van der Waals surface area contributed by atoms with Gasteiger partial charge in [0.2, 0.25) is 0 Å². The lowest BCUT2D eigenvalue weighted by Gasteiger charge is -2.11. The van der Waals surface area contributed by atoms with Crippen LogP contribution in [0.1, 0.15) is 23.1 Å². The lowest BCUT2D eigenvalue weighted by atomic mass is 10.2. The fourth-order valence-corrected chi connectivity index (χ4v) is 2.59. The first kappa shape index (κ1) is 16.0. The van der Waals surface area contributed by atoms with Gasteiger partial charge in [0, 0.05) is 31.0 Å². The standard InChI is InChI=1S/C18H20N4O2/c1-3-24-18(23)15-12-20-13(2)21-17(15)19-9-11-22-10-8-14-6-4-5-7-16(14)22/h4-8,10,12H,3,9,11H2,1-2H3,(H,19,20,21). The molecule has 24 heavy (non-hydrogen) atoms. The summed E-state index contributed by atoms with van der Waals surface area (Å²) in [6.45, 7) is 5.29. The van der Waals surface area contributed by atoms with Gasteiger partial charge in [0.25, 0.3) is 0 Å². The molecule has 0 aliphatic rings. The van der Waals surface area contributed by atoms with Crippen molar-refractivity contribution in [1.29, 1.82) is 0 Å². The first-order valence-electron chi connectivity index (χ1n) is 7.97. The van der Waals surface area contributed by atoms with Crippen LogP contribution < -0.4 is 5.32 Å². The second-order valence-corrected chi connectivity index (χ2v) is 5.39. The molecule has 1 aromatic carbocycles. The van der Waals surface area contributed by atoms with Gasteiger partial charge in [-0.3, -0.25) is 0 Å². The quantitative estimate of drug-likeness (QED) is 0.706. The van der Waals surface area contributed by atoms with Gasteiger partial charge in [-0.1, -0.05) is 18.2 Å². The lowest BCUT2D eigenvalue weighted by Crippen LogP contribution is -2.16. The average molecular weight is 324 g/mol. The number of rotatable bonds is 6. The molecule has 6 nitrogen and oxygen atoms in total. The highest BCUT2D eigenvalue weighted by Crippen LogP contribution is 2.16. The fourth-order valence-electron chi connectivity index (χ4n) is 2.59. The highest BCUT2D eigenvalue weighted by Gasteiger charge is 2.14. The number of aryl methyl sites for hydroxylation is 1. The van der Waals surface area contributed by atoms with Crippen LogP contribution in [0.4, 0.5) is 5.82 Å². The van der Waals surface area contributed by atoms with Crippen LogP contribution in [0.15, 0.2) is 42.7 Å². The third-order valence-corrected chi connectivity index (χ3v) is 3.73. The number of anilines is 1. The van der Waals surface area contributed by atoms with Gasteiger partial charge in [0.1, 0.15) is 17.2 Å². The van der Waals surface area contributed by atoms with Gasteiger partial charge in [-0.05, 0) is 31.4 Å². The van der Waals surface area contributed by atoms with E-state index < -0.39 is 5.97 Å². The van der Waals surface area contributed by atoms with Gasteiger partial charge in [-0.25, -0.2) is 14.8 Å². The van der Waals surface area contributed by atoms with E-state index in [-0.39, 0.29) is 0 Å². The summed E-state index contributed by atoms with van der Waals surface area (Å²) in [5, 5.41) is 4.43. The Morgan fingerprint density at radius 2 is 2.12 bits per heavy atom. The SMILES string of the molecule is CCOC(=O)c1cnc(C)nc1NCCn1ccc2ccccc21. The Kier molecular flexibility index (Phi) is 4.74. The van der Waals surface area contributed by atoms with Gasteiger partial charge >= 0.3 is 5.97 Å². The minimum atomic E-state index is -0.411. The van der Waals surface area contributed by atoms with Crippen molar-refractivity contribution in [2.24, 2.45) is 0 Å². The summed E-state index contributed by atoms with van der Waals surface area (Å²) in [6, 6.07) is 10.3. The van der Waals surface area contributed by atoms with Crippen LogP contribution in [0, 0.1) is 6.92 Å². The second-order valence-electron chi connectivity index (χ2n) is 5.39. The van der Waals surface area contributed by atoms with Crippen molar-refractivity contribution in [2.45, 2.75) is 20.4 Å². The number of esters is 1. The molecule has 2 aromatic heterocycles. The van der Waals surface area contributed by atoms with E-state index in [1.807, 2.05) is 12.1 Å². The highest BCUT2D eigenvalue weighted by atomic mass is 16.5. The van der Waals surface area contributed by atoms with E-state index >= 15 is 0 Å². The first-order valence-corrected chi connectivity index (χ1v) is 7.97. The number of nitrogens with zero attached hydrogens (tertiary/aromatic N) is 3. The molecule has 0 spiro atoms. The van der Waals surface area contributed by atoms with Gasteiger partial charge in [-0.2, -0.15) is 0 Å². The number of carbonyl (C=O) groups is 1. The number of carbonyl (C=O) groups excluding carboxylic acids is 1. The number of benzene rings is 1. The Bertz CT molecular complexity index is 857. The molecule has 0 aliphatic carbocycles. The minimum absolute atomic E-state index is 0.321. The Labute approximate surface area is 140 Å². The molecule has 0 fully saturated rings. The third-order valence-electron chi connectivity index (χ3n) is 3.73. The summed E-state index contributed by atoms with van der Waals surface area (Å²) >= 11 is 0. The number of ether oxygens (including phenoxy) is 1. The molecule has 2 heterocycles. The minimum Gasteiger partial charge on any atom is -0.462 e. The second kappa shape index (κ2) is 7.12. The number of fused-ring (bicyclic) bond motifs is 1. The number of nitrogens with one attached hydrogen (secondary N) is 1. The molecule has 0 amide bonds. The Hall–Kier alpha value is -2.89. The summed E-state index contributed by atoms with van der Waals surface area (Å²) in [6.07, 6.45) is 3.57. The number of aromatic nitrogens is 3. The fraction of sp³-hybridized carbons (Fsp3) is 0.278. The average Bonchev–Trinajstić information content (AvgIpc) is 2.99. The van der Waals surface area contributed by atoms with E-state index in [0.717, 1.165) is 6.54 Å². The molecule has 3 rings (SSSR count). The molecule has 0 bridgehead atoms. The van der Waals surface area contributed by atoms with E-state index in [1.165, 1.54) is 17.1 Å². The molecule has 0 saturated carbocycles. The Morgan fingerprint density at radius 3 is 2.96 bits per heavy atom. The van der Waals surface area contributed by atoms with Crippen LogP contribution in [0.25, 0.3) is 10.9 Å². The van der Waals surface area contributed by atoms with Crippen molar-refractivity contribution >= 4 is 22.7 Å². The summed E-state index contributed by atoms with van der Waals surface area (Å²) in [7, 11) is 0. The first-order chi connectivity index (χ1) is 11.7. The maximum atomic E-state index is 12.0. The zero-order valence-electron chi connectivity index (χ0n) is 13.8.